The van der Waals surface area contributed by atoms with Crippen molar-refractivity contribution in [3.63, 3.8) is 0 Å². The standard InChI is InChI=1S/C15H17ClFNO4/c1-4-21-8-22-18-14(20)12(13(19)15(18,2)3)11-9(16)6-5-7-10(11)17/h5-7,19H,4,8H2,1-3H3. The van der Waals surface area contributed by atoms with E-state index in [0.29, 0.717) is 6.61 Å². The van der Waals surface area contributed by atoms with Gasteiger partial charge < -0.3 is 9.84 Å². The van der Waals surface area contributed by atoms with E-state index in [0.717, 1.165) is 5.06 Å². The third-order valence-electron chi connectivity index (χ3n) is 3.40. The molecule has 0 saturated carbocycles. The molecule has 0 fully saturated rings. The third-order valence-corrected chi connectivity index (χ3v) is 3.72. The first-order valence-corrected chi connectivity index (χ1v) is 7.13. The number of hydrogen-bond acceptors (Lipinski definition) is 4. The normalized spacial score (nSPS) is 17.5. The highest BCUT2D eigenvalue weighted by atomic mass is 35.5. The molecule has 120 valence electrons. The van der Waals surface area contributed by atoms with Gasteiger partial charge in [-0.2, -0.15) is 0 Å². The maximum absolute atomic E-state index is 14.1. The molecule has 7 heteroatoms. The van der Waals surface area contributed by atoms with Crippen LogP contribution in [-0.2, 0) is 14.4 Å². The highest BCUT2D eigenvalue weighted by Gasteiger charge is 2.48. The van der Waals surface area contributed by atoms with Crippen molar-refractivity contribution >= 4 is 23.1 Å². The number of halogens is 2. The maximum atomic E-state index is 14.1. The zero-order chi connectivity index (χ0) is 16.5. The fourth-order valence-electron chi connectivity index (χ4n) is 2.21. The molecule has 0 atom stereocenters. The van der Waals surface area contributed by atoms with Gasteiger partial charge in [-0.05, 0) is 32.9 Å². The number of rotatable bonds is 5. The van der Waals surface area contributed by atoms with Crippen LogP contribution < -0.4 is 0 Å². The van der Waals surface area contributed by atoms with Crippen molar-refractivity contribution in [2.45, 2.75) is 26.3 Å². The van der Waals surface area contributed by atoms with Crippen LogP contribution in [0.15, 0.2) is 24.0 Å². The number of aliphatic hydroxyl groups excluding tert-OH is 1. The van der Waals surface area contributed by atoms with Crippen molar-refractivity contribution in [1.82, 2.24) is 5.06 Å². The lowest BCUT2D eigenvalue weighted by Crippen LogP contribution is -2.44. The predicted molar refractivity (Wildman–Crippen MR) is 79.5 cm³/mol. The van der Waals surface area contributed by atoms with Gasteiger partial charge in [-0.1, -0.05) is 17.7 Å². The molecule has 0 spiro atoms. The number of aliphatic hydroxyl groups is 1. The second-order valence-corrected chi connectivity index (χ2v) is 5.63. The lowest BCUT2D eigenvalue weighted by atomic mass is 9.99. The van der Waals surface area contributed by atoms with Gasteiger partial charge >= 0.3 is 0 Å². The van der Waals surface area contributed by atoms with Gasteiger partial charge in [0.05, 0.1) is 10.6 Å². The third kappa shape index (κ3) is 2.69. The zero-order valence-corrected chi connectivity index (χ0v) is 13.3. The van der Waals surface area contributed by atoms with Crippen LogP contribution in [-0.4, -0.2) is 35.0 Å². The number of nitrogens with zero attached hydrogens (tertiary/aromatic N) is 1. The minimum atomic E-state index is -1.16. The molecule has 0 bridgehead atoms. The molecule has 5 nitrogen and oxygen atoms in total. The Morgan fingerprint density at radius 2 is 2.09 bits per heavy atom. The molecule has 1 aliphatic heterocycles. The SMILES string of the molecule is CCOCON1C(=O)C(c2c(F)cccc2Cl)=C(O)C1(C)C. The summed E-state index contributed by atoms with van der Waals surface area (Å²) in [5, 5.41) is 11.4. The van der Waals surface area contributed by atoms with Gasteiger partial charge in [0.1, 0.15) is 17.1 Å². The van der Waals surface area contributed by atoms with Crippen LogP contribution in [0.1, 0.15) is 26.3 Å². The Labute approximate surface area is 132 Å². The number of carbonyl (C=O) groups is 1. The first-order valence-electron chi connectivity index (χ1n) is 6.75. The zero-order valence-electron chi connectivity index (χ0n) is 12.5. The summed E-state index contributed by atoms with van der Waals surface area (Å²) in [5.74, 6) is -1.67. The van der Waals surface area contributed by atoms with E-state index in [1.54, 1.807) is 20.8 Å². The highest BCUT2D eigenvalue weighted by molar-refractivity contribution is 6.35. The van der Waals surface area contributed by atoms with Gasteiger partial charge in [0.25, 0.3) is 5.91 Å². The minimum Gasteiger partial charge on any atom is -0.509 e. The van der Waals surface area contributed by atoms with Gasteiger partial charge in [0.15, 0.2) is 6.79 Å². The number of hydroxylamine groups is 2. The minimum absolute atomic E-state index is 0.0392. The summed E-state index contributed by atoms with van der Waals surface area (Å²) in [6, 6.07) is 4.04. The summed E-state index contributed by atoms with van der Waals surface area (Å²) >= 11 is 5.99. The van der Waals surface area contributed by atoms with E-state index in [1.165, 1.54) is 18.2 Å². The van der Waals surface area contributed by atoms with Gasteiger partial charge in [-0.25, -0.2) is 14.3 Å². The van der Waals surface area contributed by atoms with Crippen LogP contribution in [0, 0.1) is 5.82 Å². The van der Waals surface area contributed by atoms with Crippen molar-refractivity contribution in [3.05, 3.63) is 40.4 Å². The molecule has 0 unspecified atom stereocenters. The summed E-state index contributed by atoms with van der Waals surface area (Å²) in [6.07, 6.45) is 0. The molecular formula is C15H17ClFNO4. The maximum Gasteiger partial charge on any atom is 0.282 e. The van der Waals surface area contributed by atoms with Crippen LogP contribution >= 0.6 is 11.6 Å². The van der Waals surface area contributed by atoms with E-state index < -0.39 is 17.3 Å². The molecular weight excluding hydrogens is 313 g/mol. The van der Waals surface area contributed by atoms with Gasteiger partial charge in [0, 0.05) is 12.2 Å². The largest absolute Gasteiger partial charge is 0.509 e. The summed E-state index contributed by atoms with van der Waals surface area (Å²) in [5.41, 5.74) is -1.50. The molecule has 2 rings (SSSR count). The Balaban J connectivity index is 2.44. The van der Waals surface area contributed by atoms with Crippen LogP contribution in [0.2, 0.25) is 5.02 Å². The lowest BCUT2D eigenvalue weighted by Gasteiger charge is -2.30. The summed E-state index contributed by atoms with van der Waals surface area (Å²) < 4.78 is 19.1. The van der Waals surface area contributed by atoms with Gasteiger partial charge in [0.2, 0.25) is 0 Å². The molecule has 0 aromatic heterocycles. The summed E-state index contributed by atoms with van der Waals surface area (Å²) in [4.78, 5) is 17.8. The predicted octanol–water partition coefficient (Wildman–Crippen LogP) is 3.29. The second-order valence-electron chi connectivity index (χ2n) is 5.22. The first-order chi connectivity index (χ1) is 10.3. The van der Waals surface area contributed by atoms with Crippen molar-refractivity contribution < 1.29 is 23.9 Å². The van der Waals surface area contributed by atoms with Crippen LogP contribution in [0.3, 0.4) is 0 Å². The average molecular weight is 330 g/mol. The van der Waals surface area contributed by atoms with Crippen molar-refractivity contribution in [3.8, 4) is 0 Å². The van der Waals surface area contributed by atoms with E-state index in [2.05, 4.69) is 0 Å². The fourth-order valence-corrected chi connectivity index (χ4v) is 2.47. The quantitative estimate of drug-likeness (QED) is 0.665. The van der Waals surface area contributed by atoms with Crippen LogP contribution in [0.4, 0.5) is 4.39 Å². The number of hydrogen-bond donors (Lipinski definition) is 1. The van der Waals surface area contributed by atoms with E-state index in [1.807, 2.05) is 0 Å². The molecule has 1 aliphatic rings. The molecule has 0 saturated heterocycles. The highest BCUT2D eigenvalue weighted by Crippen LogP contribution is 2.41. The van der Waals surface area contributed by atoms with Crippen LogP contribution in [0.5, 0.6) is 0 Å². The van der Waals surface area contributed by atoms with Crippen LogP contribution in [0.25, 0.3) is 5.57 Å². The summed E-state index contributed by atoms with van der Waals surface area (Å²) in [7, 11) is 0. The van der Waals surface area contributed by atoms with E-state index in [9.17, 15) is 14.3 Å². The van der Waals surface area contributed by atoms with E-state index in [4.69, 9.17) is 21.2 Å². The van der Waals surface area contributed by atoms with E-state index >= 15 is 0 Å². The number of carbonyl (C=O) groups excluding carboxylic acids is 1. The Morgan fingerprint density at radius 3 is 2.68 bits per heavy atom. The molecule has 1 heterocycles. The molecule has 1 N–H and O–H groups in total. The number of amides is 1. The van der Waals surface area contributed by atoms with E-state index in [-0.39, 0.29) is 28.7 Å². The smallest absolute Gasteiger partial charge is 0.282 e. The number of ether oxygens (including phenoxy) is 1. The van der Waals surface area contributed by atoms with Crippen molar-refractivity contribution in [2.24, 2.45) is 0 Å². The van der Waals surface area contributed by atoms with Crippen molar-refractivity contribution in [2.75, 3.05) is 13.4 Å². The topological polar surface area (TPSA) is 59.0 Å². The van der Waals surface area contributed by atoms with Crippen molar-refractivity contribution in [1.29, 1.82) is 0 Å². The number of benzene rings is 1. The molecule has 1 aromatic carbocycles. The Morgan fingerprint density at radius 1 is 1.41 bits per heavy atom. The molecule has 22 heavy (non-hydrogen) atoms. The van der Waals surface area contributed by atoms with Gasteiger partial charge in [-0.3, -0.25) is 4.79 Å². The fraction of sp³-hybridized carbons (Fsp3) is 0.400. The molecule has 1 amide bonds. The second kappa shape index (κ2) is 6.24. The monoisotopic (exact) mass is 329 g/mol. The molecule has 1 aromatic rings. The average Bonchev–Trinajstić information content (AvgIpc) is 2.61. The van der Waals surface area contributed by atoms with Gasteiger partial charge in [-0.15, -0.1) is 0 Å². The first kappa shape index (κ1) is 16.7. The molecule has 0 radical (unpaired) electrons. The molecule has 0 aliphatic carbocycles. The Kier molecular flexibility index (Phi) is 4.75. The lowest BCUT2D eigenvalue weighted by molar-refractivity contribution is -0.242. The Bertz CT molecular complexity index is 610. The summed E-state index contributed by atoms with van der Waals surface area (Å²) in [6.45, 7) is 5.19. The Hall–Kier alpha value is -1.63.